The van der Waals surface area contributed by atoms with E-state index in [1.54, 1.807) is 0 Å². The van der Waals surface area contributed by atoms with E-state index in [4.69, 9.17) is 27.7 Å². The molecule has 1 amide bonds. The number of nitrogens with zero attached hydrogens (tertiary/aromatic N) is 3. The number of aromatic nitrogens is 2. The smallest absolute Gasteiger partial charge is 0.241 e. The lowest BCUT2D eigenvalue weighted by Crippen LogP contribution is -2.43. The Labute approximate surface area is 214 Å². The summed E-state index contributed by atoms with van der Waals surface area (Å²) in [5.74, 6) is 3.06. The van der Waals surface area contributed by atoms with Gasteiger partial charge in [0.1, 0.15) is 0 Å². The second kappa shape index (κ2) is 12.6. The average Bonchev–Trinajstić information content (AvgIpc) is 3.31. The highest BCUT2D eigenvalue weighted by molar-refractivity contribution is 7.98. The van der Waals surface area contributed by atoms with E-state index in [0.29, 0.717) is 36.4 Å². The molecule has 2 aromatic carbocycles. The van der Waals surface area contributed by atoms with Crippen LogP contribution >= 0.6 is 35.0 Å². The molecule has 1 aliphatic rings. The van der Waals surface area contributed by atoms with Crippen LogP contribution in [0.1, 0.15) is 30.7 Å². The Morgan fingerprint density at radius 1 is 1.21 bits per heavy atom. The van der Waals surface area contributed by atoms with Crippen molar-refractivity contribution < 1.29 is 9.32 Å². The lowest BCUT2D eigenvalue weighted by molar-refractivity contribution is -0.126. The molecule has 1 atom stereocenters. The van der Waals surface area contributed by atoms with Gasteiger partial charge < -0.3 is 9.84 Å². The Bertz CT molecular complexity index is 1090. The highest BCUT2D eigenvalue weighted by Crippen LogP contribution is 2.23. The van der Waals surface area contributed by atoms with E-state index in [2.05, 4.69) is 26.4 Å². The number of likely N-dealkylation sites (tertiary alicyclic amines) is 1. The first-order valence-electron chi connectivity index (χ1n) is 11.5. The standard InChI is InChI=1S/C25H28Cl2N4O2S/c26-21-9-3-7-18(14-21)24-29-23(33-30-24)16-31-12-4-8-19(15-31)25(32)28-11-5-13-34-17-20-6-1-2-10-22(20)27/h1-3,6-7,9-10,14,19H,4-5,8,11-13,15-17H2,(H,28,32). The summed E-state index contributed by atoms with van der Waals surface area (Å²) in [7, 11) is 0. The van der Waals surface area contributed by atoms with Gasteiger partial charge in [-0.3, -0.25) is 9.69 Å². The zero-order valence-corrected chi connectivity index (χ0v) is 21.2. The van der Waals surface area contributed by atoms with Crippen LogP contribution in [0.5, 0.6) is 0 Å². The average molecular weight is 519 g/mol. The molecular weight excluding hydrogens is 491 g/mol. The molecule has 1 fully saturated rings. The summed E-state index contributed by atoms with van der Waals surface area (Å²) in [6, 6.07) is 15.3. The predicted octanol–water partition coefficient (Wildman–Crippen LogP) is 5.70. The number of halogens is 2. The van der Waals surface area contributed by atoms with Gasteiger partial charge in [0.05, 0.1) is 12.5 Å². The highest BCUT2D eigenvalue weighted by Gasteiger charge is 2.26. The first kappa shape index (κ1) is 25.0. The van der Waals surface area contributed by atoms with Gasteiger partial charge in [-0.1, -0.05) is 58.7 Å². The molecule has 1 aromatic heterocycles. The molecule has 9 heteroatoms. The molecule has 34 heavy (non-hydrogen) atoms. The monoisotopic (exact) mass is 518 g/mol. The third-order valence-corrected chi connectivity index (χ3v) is 7.46. The zero-order valence-electron chi connectivity index (χ0n) is 18.9. The molecule has 180 valence electrons. The van der Waals surface area contributed by atoms with Crippen LogP contribution in [-0.4, -0.2) is 46.3 Å². The molecular formula is C25H28Cl2N4O2S. The lowest BCUT2D eigenvalue weighted by atomic mass is 9.97. The second-order valence-electron chi connectivity index (χ2n) is 8.38. The number of benzene rings is 2. The molecule has 6 nitrogen and oxygen atoms in total. The Balaban J connectivity index is 1.17. The molecule has 0 saturated carbocycles. The van der Waals surface area contributed by atoms with Gasteiger partial charge >= 0.3 is 0 Å². The van der Waals surface area contributed by atoms with Crippen molar-refractivity contribution in [1.29, 1.82) is 0 Å². The molecule has 0 bridgehead atoms. The van der Waals surface area contributed by atoms with Gasteiger partial charge in [-0.15, -0.1) is 0 Å². The minimum atomic E-state index is -0.0140. The maximum Gasteiger partial charge on any atom is 0.241 e. The number of hydrogen-bond acceptors (Lipinski definition) is 6. The van der Waals surface area contributed by atoms with Crippen LogP contribution in [0.2, 0.25) is 10.0 Å². The number of thioether (sulfide) groups is 1. The fourth-order valence-electron chi connectivity index (χ4n) is 4.00. The van der Waals surface area contributed by atoms with Crippen LogP contribution in [0, 0.1) is 5.92 Å². The van der Waals surface area contributed by atoms with Gasteiger partial charge in [-0.2, -0.15) is 16.7 Å². The van der Waals surface area contributed by atoms with Crippen LogP contribution in [0.3, 0.4) is 0 Å². The SMILES string of the molecule is O=C(NCCCSCc1ccccc1Cl)C1CCCN(Cc2nc(-c3cccc(Cl)c3)no2)C1. The quantitative estimate of drug-likeness (QED) is 0.347. The minimum Gasteiger partial charge on any atom is -0.356 e. The minimum absolute atomic E-state index is 0.0140. The number of nitrogens with one attached hydrogen (secondary N) is 1. The molecule has 3 aromatic rings. The van der Waals surface area contributed by atoms with E-state index in [1.807, 2.05) is 54.2 Å². The first-order chi connectivity index (χ1) is 16.6. The number of piperidine rings is 1. The fourth-order valence-corrected chi connectivity index (χ4v) is 5.43. The number of rotatable bonds is 10. The summed E-state index contributed by atoms with van der Waals surface area (Å²) < 4.78 is 5.44. The summed E-state index contributed by atoms with van der Waals surface area (Å²) in [6.45, 7) is 2.84. The van der Waals surface area contributed by atoms with Crippen molar-refractivity contribution in [1.82, 2.24) is 20.4 Å². The Kier molecular flexibility index (Phi) is 9.27. The number of hydrogen-bond donors (Lipinski definition) is 1. The topological polar surface area (TPSA) is 71.3 Å². The maximum absolute atomic E-state index is 12.7. The number of carbonyl (C=O) groups is 1. The van der Waals surface area contributed by atoms with Crippen LogP contribution < -0.4 is 5.32 Å². The van der Waals surface area contributed by atoms with E-state index < -0.39 is 0 Å². The summed E-state index contributed by atoms with van der Waals surface area (Å²) in [6.07, 6.45) is 2.81. The molecule has 4 rings (SSSR count). The largest absolute Gasteiger partial charge is 0.356 e. The molecule has 1 unspecified atom stereocenters. The molecule has 0 radical (unpaired) electrons. The number of amides is 1. The van der Waals surface area contributed by atoms with Gasteiger partial charge in [0.2, 0.25) is 17.6 Å². The molecule has 1 aliphatic heterocycles. The summed E-state index contributed by atoms with van der Waals surface area (Å²) in [5.41, 5.74) is 1.98. The lowest BCUT2D eigenvalue weighted by Gasteiger charge is -2.30. The molecule has 1 N–H and O–H groups in total. The van der Waals surface area contributed by atoms with Crippen LogP contribution in [0.15, 0.2) is 53.1 Å². The summed E-state index contributed by atoms with van der Waals surface area (Å²) >= 11 is 14.1. The van der Waals surface area contributed by atoms with Crippen molar-refractivity contribution in [3.05, 3.63) is 70.0 Å². The predicted molar refractivity (Wildman–Crippen MR) is 138 cm³/mol. The van der Waals surface area contributed by atoms with Crippen molar-refractivity contribution in [2.24, 2.45) is 5.92 Å². The third-order valence-electron chi connectivity index (χ3n) is 5.77. The summed E-state index contributed by atoms with van der Waals surface area (Å²) in [4.78, 5) is 19.4. The van der Waals surface area contributed by atoms with Crippen molar-refractivity contribution in [2.45, 2.75) is 31.6 Å². The van der Waals surface area contributed by atoms with E-state index in [1.165, 1.54) is 0 Å². The molecule has 1 saturated heterocycles. The molecule has 0 spiro atoms. The van der Waals surface area contributed by atoms with Crippen LogP contribution in [-0.2, 0) is 17.1 Å². The van der Waals surface area contributed by atoms with Crippen LogP contribution in [0.4, 0.5) is 0 Å². The van der Waals surface area contributed by atoms with Gasteiger partial charge in [0.15, 0.2) is 0 Å². The fraction of sp³-hybridized carbons (Fsp3) is 0.400. The molecule has 2 heterocycles. The maximum atomic E-state index is 12.7. The van der Waals surface area contributed by atoms with E-state index in [-0.39, 0.29) is 11.8 Å². The first-order valence-corrected chi connectivity index (χ1v) is 13.4. The number of carbonyl (C=O) groups excluding carboxylic acids is 1. The third kappa shape index (κ3) is 7.22. The normalized spacial score (nSPS) is 16.5. The van der Waals surface area contributed by atoms with E-state index in [0.717, 1.165) is 53.5 Å². The van der Waals surface area contributed by atoms with Gasteiger partial charge in [0, 0.05) is 34.5 Å². The van der Waals surface area contributed by atoms with Gasteiger partial charge in [-0.25, -0.2) is 0 Å². The van der Waals surface area contributed by atoms with Crippen LogP contribution in [0.25, 0.3) is 11.4 Å². The van der Waals surface area contributed by atoms with Crippen molar-refractivity contribution >= 4 is 40.9 Å². The van der Waals surface area contributed by atoms with Crippen molar-refractivity contribution in [3.8, 4) is 11.4 Å². The zero-order chi connectivity index (χ0) is 23.8. The Morgan fingerprint density at radius 3 is 2.94 bits per heavy atom. The van der Waals surface area contributed by atoms with E-state index >= 15 is 0 Å². The van der Waals surface area contributed by atoms with E-state index in [9.17, 15) is 4.79 Å². The van der Waals surface area contributed by atoms with Crippen molar-refractivity contribution in [2.75, 3.05) is 25.4 Å². The second-order valence-corrected chi connectivity index (χ2v) is 10.3. The molecule has 0 aliphatic carbocycles. The summed E-state index contributed by atoms with van der Waals surface area (Å²) in [5, 5.41) is 8.63. The van der Waals surface area contributed by atoms with Gasteiger partial charge in [-0.05, 0) is 55.3 Å². The Morgan fingerprint density at radius 2 is 2.09 bits per heavy atom. The highest BCUT2D eigenvalue weighted by atomic mass is 35.5. The Hall–Kier alpha value is -2.06. The van der Waals surface area contributed by atoms with Gasteiger partial charge in [0.25, 0.3) is 0 Å². The van der Waals surface area contributed by atoms with Crippen molar-refractivity contribution in [3.63, 3.8) is 0 Å².